The minimum atomic E-state index is -0.798. The maximum atomic E-state index is 12.4. The number of carbonyl (C=O) groups excluding carboxylic acids is 2. The fourth-order valence-corrected chi connectivity index (χ4v) is 3.23. The Hall–Kier alpha value is -1.65. The van der Waals surface area contributed by atoms with Gasteiger partial charge in [0.25, 0.3) is 0 Å². The molecule has 2 aliphatic rings. The van der Waals surface area contributed by atoms with Gasteiger partial charge in [0.1, 0.15) is 0 Å². The first-order valence-corrected chi connectivity index (χ1v) is 7.68. The zero-order valence-corrected chi connectivity index (χ0v) is 12.6. The molecule has 0 radical (unpaired) electrons. The van der Waals surface area contributed by atoms with Gasteiger partial charge in [0, 0.05) is 6.04 Å². The first kappa shape index (κ1) is 15.7. The summed E-state index contributed by atoms with van der Waals surface area (Å²) in [6.07, 6.45) is 7.23. The first-order chi connectivity index (χ1) is 9.93. The normalized spacial score (nSPS) is 27.6. The maximum absolute atomic E-state index is 12.4. The average molecular weight is 293 g/mol. The molecule has 0 aromatic heterocycles. The zero-order valence-electron chi connectivity index (χ0n) is 12.6. The molecule has 1 saturated heterocycles. The van der Waals surface area contributed by atoms with Gasteiger partial charge in [-0.3, -0.25) is 19.3 Å². The van der Waals surface area contributed by atoms with E-state index in [4.69, 9.17) is 5.11 Å². The van der Waals surface area contributed by atoms with Crippen molar-refractivity contribution in [3.63, 3.8) is 0 Å². The van der Waals surface area contributed by atoms with E-state index < -0.39 is 5.97 Å². The number of imide groups is 1. The Morgan fingerprint density at radius 1 is 1.19 bits per heavy atom. The minimum absolute atomic E-state index is 0.0480. The highest BCUT2D eigenvalue weighted by Crippen LogP contribution is 2.36. The highest BCUT2D eigenvalue weighted by atomic mass is 16.4. The lowest BCUT2D eigenvalue weighted by Crippen LogP contribution is -2.39. The second-order valence-corrected chi connectivity index (χ2v) is 6.22. The monoisotopic (exact) mass is 293 g/mol. The molecule has 2 rings (SSSR count). The maximum Gasteiger partial charge on any atom is 0.306 e. The van der Waals surface area contributed by atoms with Crippen molar-refractivity contribution in [3.8, 4) is 0 Å². The van der Waals surface area contributed by atoms with Gasteiger partial charge in [0.2, 0.25) is 11.8 Å². The van der Waals surface area contributed by atoms with Crippen LogP contribution in [0.1, 0.15) is 46.0 Å². The molecule has 116 valence electrons. The number of fused-ring (bicyclic) bond motifs is 1. The van der Waals surface area contributed by atoms with Gasteiger partial charge >= 0.3 is 5.97 Å². The molecule has 1 aliphatic carbocycles. The van der Waals surface area contributed by atoms with E-state index in [1.54, 1.807) is 6.92 Å². The Morgan fingerprint density at radius 2 is 1.71 bits per heavy atom. The number of rotatable bonds is 6. The van der Waals surface area contributed by atoms with Gasteiger partial charge in [0.05, 0.1) is 17.8 Å². The molecule has 2 amide bonds. The molecule has 1 heterocycles. The molecular weight excluding hydrogens is 270 g/mol. The number of hydrogen-bond donors (Lipinski definition) is 1. The third kappa shape index (κ3) is 3.17. The number of likely N-dealkylation sites (tertiary alicyclic amines) is 1. The van der Waals surface area contributed by atoms with Crippen molar-refractivity contribution in [2.24, 2.45) is 17.8 Å². The van der Waals surface area contributed by atoms with Crippen LogP contribution in [0.5, 0.6) is 0 Å². The summed E-state index contributed by atoms with van der Waals surface area (Å²) in [6.45, 7) is 3.56. The van der Waals surface area contributed by atoms with E-state index in [1.807, 2.05) is 19.1 Å². The van der Waals surface area contributed by atoms with Crippen LogP contribution in [0.2, 0.25) is 0 Å². The fourth-order valence-electron chi connectivity index (χ4n) is 3.23. The quantitative estimate of drug-likeness (QED) is 0.602. The number of carboxylic acids is 1. The lowest BCUT2D eigenvalue weighted by Gasteiger charge is -2.23. The van der Waals surface area contributed by atoms with E-state index >= 15 is 0 Å². The van der Waals surface area contributed by atoms with E-state index in [2.05, 4.69) is 0 Å². The van der Waals surface area contributed by atoms with Crippen molar-refractivity contribution in [2.45, 2.75) is 52.0 Å². The smallest absolute Gasteiger partial charge is 0.306 e. The van der Waals surface area contributed by atoms with Gasteiger partial charge in [0.15, 0.2) is 0 Å². The predicted molar refractivity (Wildman–Crippen MR) is 77.3 cm³/mol. The fraction of sp³-hybridized carbons (Fsp3) is 0.688. The Bertz CT molecular complexity index is 445. The van der Waals surface area contributed by atoms with Crippen LogP contribution < -0.4 is 0 Å². The van der Waals surface area contributed by atoms with Crippen LogP contribution in [0.4, 0.5) is 0 Å². The third-order valence-electron chi connectivity index (χ3n) is 4.66. The van der Waals surface area contributed by atoms with Crippen LogP contribution in [-0.2, 0) is 14.4 Å². The summed E-state index contributed by atoms with van der Waals surface area (Å²) in [5.41, 5.74) is 0. The molecule has 21 heavy (non-hydrogen) atoms. The highest BCUT2D eigenvalue weighted by molar-refractivity contribution is 6.05. The van der Waals surface area contributed by atoms with E-state index in [0.29, 0.717) is 32.1 Å². The largest absolute Gasteiger partial charge is 0.481 e. The average Bonchev–Trinajstić information content (AvgIpc) is 2.71. The molecule has 1 fully saturated rings. The van der Waals surface area contributed by atoms with Crippen molar-refractivity contribution >= 4 is 17.8 Å². The van der Waals surface area contributed by atoms with Crippen LogP contribution in [0.3, 0.4) is 0 Å². The number of carboxylic acid groups (broad SMARTS) is 1. The van der Waals surface area contributed by atoms with E-state index in [0.717, 1.165) is 0 Å². The van der Waals surface area contributed by atoms with Crippen LogP contribution in [-0.4, -0.2) is 33.8 Å². The third-order valence-corrected chi connectivity index (χ3v) is 4.66. The summed E-state index contributed by atoms with van der Waals surface area (Å²) < 4.78 is 0. The number of nitrogens with zero attached hydrogens (tertiary/aromatic N) is 1. The summed E-state index contributed by atoms with van der Waals surface area (Å²) in [4.78, 5) is 37.0. The van der Waals surface area contributed by atoms with Crippen molar-refractivity contribution in [3.05, 3.63) is 12.2 Å². The van der Waals surface area contributed by atoms with Crippen molar-refractivity contribution in [1.82, 2.24) is 4.90 Å². The zero-order chi connectivity index (χ0) is 15.6. The van der Waals surface area contributed by atoms with Gasteiger partial charge in [-0.1, -0.05) is 25.5 Å². The Morgan fingerprint density at radius 3 is 2.19 bits per heavy atom. The van der Waals surface area contributed by atoms with E-state index in [-0.39, 0.29) is 35.6 Å². The Labute approximate surface area is 125 Å². The predicted octanol–water partition coefficient (Wildman–Crippen LogP) is 2.22. The standard InChI is InChI=1S/C16H23NO4/c1-10(16(20)21)6-5-7-11(2)17-14(18)12-8-3-4-9-13(12)15(17)19/h3-4,10-13H,5-9H2,1-2H3,(H,20,21)/t10?,11?,12-,13+. The van der Waals surface area contributed by atoms with Crippen LogP contribution in [0, 0.1) is 17.8 Å². The Balaban J connectivity index is 1.91. The summed E-state index contributed by atoms with van der Waals surface area (Å²) in [7, 11) is 0. The molecule has 0 bridgehead atoms. The number of hydrogen-bond acceptors (Lipinski definition) is 3. The second kappa shape index (κ2) is 6.41. The van der Waals surface area contributed by atoms with Gasteiger partial charge in [-0.2, -0.15) is 0 Å². The molecule has 5 heteroatoms. The minimum Gasteiger partial charge on any atom is -0.481 e. The van der Waals surface area contributed by atoms with Crippen molar-refractivity contribution in [2.75, 3.05) is 0 Å². The summed E-state index contributed by atoms with van der Waals surface area (Å²) in [6, 6.07) is -0.142. The van der Waals surface area contributed by atoms with E-state index in [9.17, 15) is 14.4 Å². The van der Waals surface area contributed by atoms with Crippen molar-refractivity contribution < 1.29 is 19.5 Å². The Kier molecular flexibility index (Phi) is 4.80. The number of aliphatic carboxylic acids is 1. The van der Waals surface area contributed by atoms with Gasteiger partial charge in [-0.15, -0.1) is 0 Å². The molecule has 0 aromatic carbocycles. The van der Waals surface area contributed by atoms with Crippen LogP contribution >= 0.6 is 0 Å². The molecule has 1 aliphatic heterocycles. The van der Waals surface area contributed by atoms with Crippen molar-refractivity contribution in [1.29, 1.82) is 0 Å². The van der Waals surface area contributed by atoms with Crippen LogP contribution in [0.25, 0.3) is 0 Å². The number of allylic oxidation sites excluding steroid dienone is 2. The lowest BCUT2D eigenvalue weighted by molar-refractivity contribution is -0.143. The topological polar surface area (TPSA) is 74.7 Å². The number of carbonyl (C=O) groups is 3. The first-order valence-electron chi connectivity index (χ1n) is 7.68. The van der Waals surface area contributed by atoms with Gasteiger partial charge in [-0.25, -0.2) is 0 Å². The molecule has 0 aromatic rings. The summed E-state index contributed by atoms with van der Waals surface area (Å²) >= 11 is 0. The molecule has 4 atom stereocenters. The molecule has 0 saturated carbocycles. The van der Waals surface area contributed by atoms with Gasteiger partial charge in [-0.05, 0) is 32.6 Å². The molecular formula is C16H23NO4. The molecule has 5 nitrogen and oxygen atoms in total. The molecule has 0 spiro atoms. The van der Waals surface area contributed by atoms with Crippen LogP contribution in [0.15, 0.2) is 12.2 Å². The SMILES string of the molecule is CC(CCCC(C)N1C(=O)[C@H]2CC=CC[C@H]2C1=O)C(=O)O. The molecule has 1 N–H and O–H groups in total. The summed E-state index contributed by atoms with van der Waals surface area (Å²) in [5, 5.41) is 8.86. The highest BCUT2D eigenvalue weighted by Gasteiger charge is 2.48. The molecule has 2 unspecified atom stereocenters. The van der Waals surface area contributed by atoms with E-state index in [1.165, 1.54) is 4.90 Å². The number of amides is 2. The second-order valence-electron chi connectivity index (χ2n) is 6.22. The summed E-state index contributed by atoms with van der Waals surface area (Å²) in [5.74, 6) is -1.63. The van der Waals surface area contributed by atoms with Gasteiger partial charge < -0.3 is 5.11 Å². The lowest BCUT2D eigenvalue weighted by atomic mass is 9.85.